The molecule has 10 amide bonds. The lowest BCUT2D eigenvalue weighted by atomic mass is 9.96. The summed E-state index contributed by atoms with van der Waals surface area (Å²) in [5.41, 5.74) is 31.3. The zero-order valence-electron chi connectivity index (χ0n) is 47.8. The molecule has 456 valence electrons. The zero-order chi connectivity index (χ0) is 61.9. The first kappa shape index (κ1) is 65.7. The van der Waals surface area contributed by atoms with E-state index in [9.17, 15) is 57.8 Å². The summed E-state index contributed by atoms with van der Waals surface area (Å²) in [6.45, 7) is 8.11. The van der Waals surface area contributed by atoms with Gasteiger partial charge in [0.2, 0.25) is 59.1 Å². The first-order valence-electron chi connectivity index (χ1n) is 27.9. The number of hydrogen-bond acceptors (Lipinski definition) is 13. The molecule has 0 bridgehead atoms. The molecule has 84 heavy (non-hydrogen) atoms. The van der Waals surface area contributed by atoms with Crippen molar-refractivity contribution in [3.63, 3.8) is 0 Å². The highest BCUT2D eigenvalue weighted by Gasteiger charge is 2.41. The van der Waals surface area contributed by atoms with Crippen molar-refractivity contribution in [3.8, 4) is 0 Å². The van der Waals surface area contributed by atoms with Gasteiger partial charge in [-0.25, -0.2) is 0 Å². The number of carboxylic acids is 1. The summed E-state index contributed by atoms with van der Waals surface area (Å²) in [6.07, 6.45) is 2.53. The van der Waals surface area contributed by atoms with Gasteiger partial charge < -0.3 is 85.9 Å². The molecule has 2 aromatic carbocycles. The van der Waals surface area contributed by atoms with Crippen LogP contribution in [0.2, 0.25) is 0 Å². The van der Waals surface area contributed by atoms with E-state index in [1.807, 2.05) is 48.5 Å². The number of para-hydroxylation sites is 2. The number of nitrogens with two attached hydrogens (primary N) is 5. The smallest absolute Gasteiger partial charge is 0.303 e. The maximum atomic E-state index is 14.6. The Labute approximate surface area is 485 Å². The van der Waals surface area contributed by atoms with Gasteiger partial charge in [0.05, 0.1) is 12.5 Å². The number of likely N-dealkylation sites (tertiary alicyclic amines) is 1. The number of guanidine groups is 1. The van der Waals surface area contributed by atoms with Gasteiger partial charge >= 0.3 is 5.97 Å². The molecule has 5 rings (SSSR count). The van der Waals surface area contributed by atoms with Crippen LogP contribution in [-0.4, -0.2) is 158 Å². The van der Waals surface area contributed by atoms with E-state index in [0.29, 0.717) is 18.4 Å². The summed E-state index contributed by atoms with van der Waals surface area (Å²) in [7, 11) is 0. The third-order valence-corrected chi connectivity index (χ3v) is 14.7. The van der Waals surface area contributed by atoms with E-state index in [1.165, 1.54) is 11.8 Å². The number of fused-ring (bicyclic) bond motifs is 2. The van der Waals surface area contributed by atoms with Crippen LogP contribution >= 0.6 is 0 Å². The Bertz CT molecular complexity index is 3060. The maximum absolute atomic E-state index is 14.6. The number of benzene rings is 2. The molecule has 28 heteroatoms. The van der Waals surface area contributed by atoms with Gasteiger partial charge in [-0.3, -0.25) is 57.7 Å². The standard InChI is InChI=1S/C56H80N16O12/c1-6-29(4)46(71-51(80)40(24-32-27-64-37-16-10-8-14-34(32)37)68-48(77)35(57)23-31-26-63-36-15-9-7-13-33(31)36)54(83)67-39(19-20-44(74)75)50(79)69-41(25-43(58)73)52(81)70-45(28(2)3)55(84)72-22-12-18-42(72)53(82)66-38(17-11-21-62-56(60)61)49(78)65-30(5)47(59)76/h7-10,13-16,26-30,35,38-42,45-46,63-64H,6,11-12,17-25,57H2,1-5H3,(H2,58,73)(H2,59,76)(H,65,78)(H,66,82)(H,67,83)(H,68,77)(H,69,79)(H,70,81)(H,71,80)(H,74,75)(H4,60,61,62)/t29-,30-,35-,38-,39-,40-,41-,42+,45-,46-/m0/s1. The average molecular weight is 1170 g/mol. The minimum atomic E-state index is -1.80. The zero-order valence-corrected chi connectivity index (χ0v) is 47.8. The normalized spacial score (nSPS) is 16.3. The van der Waals surface area contributed by atoms with E-state index < -0.39 is 151 Å². The number of carbonyl (C=O) groups excluding carboxylic acids is 10. The molecule has 0 unspecified atom stereocenters. The minimum absolute atomic E-state index is 0.0207. The van der Waals surface area contributed by atoms with Gasteiger partial charge in [-0.15, -0.1) is 0 Å². The predicted molar refractivity (Wildman–Crippen MR) is 310 cm³/mol. The van der Waals surface area contributed by atoms with Gasteiger partial charge in [-0.1, -0.05) is 70.5 Å². The third kappa shape index (κ3) is 18.5. The first-order valence-corrected chi connectivity index (χ1v) is 27.9. The van der Waals surface area contributed by atoms with Crippen LogP contribution in [0.1, 0.15) is 97.1 Å². The number of carbonyl (C=O) groups is 11. The van der Waals surface area contributed by atoms with Gasteiger partial charge in [0.1, 0.15) is 48.3 Å². The molecular weight excluding hydrogens is 1090 g/mol. The number of primary amides is 2. The van der Waals surface area contributed by atoms with Crippen molar-refractivity contribution in [2.45, 2.75) is 153 Å². The number of hydrogen-bond donors (Lipinski definition) is 15. The Morgan fingerprint density at radius 1 is 0.655 bits per heavy atom. The number of aromatic nitrogens is 2. The molecular formula is C56H80N16O12. The Hall–Kier alpha value is -9.08. The molecule has 10 atom stereocenters. The number of nitrogens with zero attached hydrogens (tertiary/aromatic N) is 2. The van der Waals surface area contributed by atoms with Gasteiger partial charge in [0.25, 0.3) is 0 Å². The van der Waals surface area contributed by atoms with Gasteiger partial charge in [-0.2, -0.15) is 0 Å². The van der Waals surface area contributed by atoms with E-state index in [1.54, 1.807) is 40.1 Å². The van der Waals surface area contributed by atoms with E-state index in [4.69, 9.17) is 28.7 Å². The van der Waals surface area contributed by atoms with Gasteiger partial charge in [-0.05, 0) is 80.5 Å². The summed E-state index contributed by atoms with van der Waals surface area (Å²) in [5, 5.41) is 29.5. The highest BCUT2D eigenvalue weighted by Crippen LogP contribution is 2.24. The number of carboxylic acid groups (broad SMARTS) is 1. The molecule has 0 saturated carbocycles. The van der Waals surface area contributed by atoms with Crippen LogP contribution in [0.4, 0.5) is 0 Å². The Balaban J connectivity index is 1.33. The summed E-state index contributed by atoms with van der Waals surface area (Å²) < 4.78 is 0. The predicted octanol–water partition coefficient (Wildman–Crippen LogP) is -1.85. The summed E-state index contributed by atoms with van der Waals surface area (Å²) in [4.78, 5) is 161. The minimum Gasteiger partial charge on any atom is -0.481 e. The lowest BCUT2D eigenvalue weighted by molar-refractivity contribution is -0.143. The summed E-state index contributed by atoms with van der Waals surface area (Å²) in [5.74, 6) is -11.5. The SMILES string of the molecule is CC[C@H](C)[C@H](NC(=O)[C@H](Cc1c[nH]c2ccccc12)NC(=O)[C@@H](N)Cc1c[nH]c2ccccc12)C(=O)N[C@@H](CCC(=O)O)C(=O)N[C@@H](CC(N)=O)C(=O)N[C@H](C(=O)N1CCC[C@@H]1C(=O)N[C@@H](CCCN=C(N)N)C(=O)N[C@@H](C)C(N)=O)C(C)C. The molecule has 0 spiro atoms. The molecule has 1 aliphatic heterocycles. The average Bonchev–Trinajstić information content (AvgIpc) is 3.65. The third-order valence-electron chi connectivity index (χ3n) is 14.7. The lowest BCUT2D eigenvalue weighted by Crippen LogP contribution is -2.62. The van der Waals surface area contributed by atoms with Crippen molar-refractivity contribution in [1.82, 2.24) is 52.1 Å². The van der Waals surface area contributed by atoms with Crippen LogP contribution in [0.25, 0.3) is 21.8 Å². The second kappa shape index (κ2) is 30.8. The van der Waals surface area contributed by atoms with Crippen molar-refractivity contribution < 1.29 is 57.8 Å². The monoisotopic (exact) mass is 1170 g/mol. The molecule has 28 nitrogen and oxygen atoms in total. The van der Waals surface area contributed by atoms with Crippen LogP contribution < -0.4 is 65.9 Å². The van der Waals surface area contributed by atoms with Gasteiger partial charge in [0, 0.05) is 60.1 Å². The second-order valence-corrected chi connectivity index (χ2v) is 21.5. The highest BCUT2D eigenvalue weighted by molar-refractivity contribution is 6.00. The van der Waals surface area contributed by atoms with E-state index >= 15 is 0 Å². The summed E-state index contributed by atoms with van der Waals surface area (Å²) >= 11 is 0. The Kier molecular flexibility index (Phi) is 24.1. The molecule has 20 N–H and O–H groups in total. The van der Waals surface area contributed by atoms with E-state index in [-0.39, 0.29) is 51.2 Å². The largest absolute Gasteiger partial charge is 0.481 e. The van der Waals surface area contributed by atoms with Crippen LogP contribution in [0, 0.1) is 11.8 Å². The number of aliphatic imine (C=N–C) groups is 1. The van der Waals surface area contributed by atoms with E-state index in [0.717, 1.165) is 27.4 Å². The fourth-order valence-corrected chi connectivity index (χ4v) is 9.75. The number of amides is 10. The van der Waals surface area contributed by atoms with Crippen LogP contribution in [0.15, 0.2) is 65.9 Å². The molecule has 2 aromatic heterocycles. The quantitative estimate of drug-likeness (QED) is 0.0145. The number of aromatic amines is 2. The number of rotatable bonds is 32. The van der Waals surface area contributed by atoms with Crippen molar-refractivity contribution >= 4 is 92.8 Å². The molecule has 1 aliphatic rings. The molecule has 0 radical (unpaired) electrons. The fourth-order valence-electron chi connectivity index (χ4n) is 9.75. The van der Waals surface area contributed by atoms with Crippen LogP contribution in [0.3, 0.4) is 0 Å². The molecule has 4 aromatic rings. The Morgan fingerprint density at radius 3 is 1.76 bits per heavy atom. The second-order valence-electron chi connectivity index (χ2n) is 21.5. The summed E-state index contributed by atoms with van der Waals surface area (Å²) in [6, 6.07) is 2.69. The lowest BCUT2D eigenvalue weighted by Gasteiger charge is -2.32. The topological polar surface area (TPSA) is 469 Å². The van der Waals surface area contributed by atoms with E-state index in [2.05, 4.69) is 52.2 Å². The maximum Gasteiger partial charge on any atom is 0.303 e. The molecule has 3 heterocycles. The van der Waals surface area contributed by atoms with Crippen molar-refractivity contribution in [1.29, 1.82) is 0 Å². The fraction of sp³-hybridized carbons (Fsp3) is 0.500. The number of nitrogens with one attached hydrogen (secondary N) is 9. The van der Waals surface area contributed by atoms with Crippen molar-refractivity contribution in [3.05, 3.63) is 72.1 Å². The molecule has 1 saturated heterocycles. The Morgan fingerprint density at radius 2 is 1.19 bits per heavy atom. The van der Waals surface area contributed by atoms with Crippen LogP contribution in [-0.2, 0) is 65.6 Å². The molecule has 1 fully saturated rings. The first-order chi connectivity index (χ1) is 39.8. The highest BCUT2D eigenvalue weighted by atomic mass is 16.4. The van der Waals surface area contributed by atoms with Crippen LogP contribution in [0.5, 0.6) is 0 Å². The van der Waals surface area contributed by atoms with Crippen molar-refractivity contribution in [2.75, 3.05) is 13.1 Å². The molecule has 0 aliphatic carbocycles. The number of aliphatic carboxylic acids is 1. The van der Waals surface area contributed by atoms with Gasteiger partial charge in [0.15, 0.2) is 5.96 Å². The van der Waals surface area contributed by atoms with Crippen molar-refractivity contribution in [2.24, 2.45) is 45.5 Å². The number of H-pyrrole nitrogens is 2.